The van der Waals surface area contributed by atoms with E-state index in [-0.39, 0.29) is 17.9 Å². The summed E-state index contributed by atoms with van der Waals surface area (Å²) in [5.41, 5.74) is 5.71. The van der Waals surface area contributed by atoms with Crippen molar-refractivity contribution in [3.8, 4) is 0 Å². The Hall–Kier alpha value is -0.610. The summed E-state index contributed by atoms with van der Waals surface area (Å²) in [7, 11) is 0. The minimum absolute atomic E-state index is 0.108. The zero-order chi connectivity index (χ0) is 14.3. The van der Waals surface area contributed by atoms with Crippen molar-refractivity contribution in [2.75, 3.05) is 13.1 Å². The van der Waals surface area contributed by atoms with Crippen LogP contribution in [0, 0.1) is 17.8 Å². The Morgan fingerprint density at radius 2 is 2.16 bits per heavy atom. The molecule has 0 spiro atoms. The molecule has 0 aromatic heterocycles. The fourth-order valence-electron chi connectivity index (χ4n) is 2.97. The lowest BCUT2D eigenvalue weighted by Crippen LogP contribution is -2.34. The van der Waals surface area contributed by atoms with E-state index in [1.54, 1.807) is 0 Å². The average Bonchev–Trinajstić information content (AvgIpc) is 2.35. The highest BCUT2D eigenvalue weighted by atomic mass is 16.3. The second-order valence-electron chi connectivity index (χ2n) is 6.43. The van der Waals surface area contributed by atoms with Gasteiger partial charge in [-0.2, -0.15) is 0 Å². The van der Waals surface area contributed by atoms with Crippen molar-refractivity contribution in [1.29, 1.82) is 0 Å². The van der Waals surface area contributed by atoms with Gasteiger partial charge in [-0.25, -0.2) is 0 Å². The lowest BCUT2D eigenvalue weighted by molar-refractivity contribution is -0.122. The first-order chi connectivity index (χ1) is 9.01. The quantitative estimate of drug-likeness (QED) is 0.658. The molecule has 3 atom stereocenters. The predicted molar refractivity (Wildman–Crippen MR) is 77.6 cm³/mol. The summed E-state index contributed by atoms with van der Waals surface area (Å²) in [5, 5.41) is 12.6. The lowest BCUT2D eigenvalue weighted by Gasteiger charge is -2.26. The molecule has 19 heavy (non-hydrogen) atoms. The lowest BCUT2D eigenvalue weighted by atomic mass is 9.87. The van der Waals surface area contributed by atoms with Gasteiger partial charge in [0.25, 0.3) is 0 Å². The highest BCUT2D eigenvalue weighted by Gasteiger charge is 2.21. The van der Waals surface area contributed by atoms with Crippen molar-refractivity contribution in [2.24, 2.45) is 23.5 Å². The standard InChI is InChI=1S/C15H30N2O2/c1-11(2)6-13(9-16)8-15(19)17-10-12-4-3-5-14(18)7-12/h11-14,18H,3-10,16H2,1-2H3,(H,17,19). The zero-order valence-electron chi connectivity index (χ0n) is 12.4. The third kappa shape index (κ3) is 6.92. The summed E-state index contributed by atoms with van der Waals surface area (Å²) in [6.07, 6.45) is 5.29. The van der Waals surface area contributed by atoms with Crippen LogP contribution in [-0.4, -0.2) is 30.2 Å². The minimum atomic E-state index is -0.173. The maximum atomic E-state index is 11.9. The van der Waals surface area contributed by atoms with Crippen molar-refractivity contribution in [3.05, 3.63) is 0 Å². The molecule has 0 aromatic rings. The van der Waals surface area contributed by atoms with E-state index in [0.29, 0.717) is 31.3 Å². The average molecular weight is 270 g/mol. The van der Waals surface area contributed by atoms with E-state index < -0.39 is 0 Å². The van der Waals surface area contributed by atoms with Gasteiger partial charge in [0, 0.05) is 13.0 Å². The van der Waals surface area contributed by atoms with Gasteiger partial charge in [0.05, 0.1) is 6.10 Å². The van der Waals surface area contributed by atoms with Crippen LogP contribution in [0.5, 0.6) is 0 Å². The number of hydrogen-bond donors (Lipinski definition) is 3. The molecule has 1 rings (SSSR count). The van der Waals surface area contributed by atoms with Gasteiger partial charge in [-0.1, -0.05) is 20.3 Å². The summed E-state index contributed by atoms with van der Waals surface area (Å²) < 4.78 is 0. The molecule has 3 unspecified atom stereocenters. The Balaban J connectivity index is 2.22. The van der Waals surface area contributed by atoms with Gasteiger partial charge in [-0.05, 0) is 50.0 Å². The Bertz CT molecular complexity index is 269. The number of carbonyl (C=O) groups is 1. The van der Waals surface area contributed by atoms with Gasteiger partial charge < -0.3 is 16.2 Å². The van der Waals surface area contributed by atoms with Crippen molar-refractivity contribution < 1.29 is 9.90 Å². The molecule has 1 amide bonds. The Morgan fingerprint density at radius 1 is 1.42 bits per heavy atom. The normalized spacial score (nSPS) is 25.3. The van der Waals surface area contributed by atoms with Crippen LogP contribution in [0.15, 0.2) is 0 Å². The summed E-state index contributed by atoms with van der Waals surface area (Å²) in [4.78, 5) is 11.9. The molecule has 0 aliphatic heterocycles. The Morgan fingerprint density at radius 3 is 2.74 bits per heavy atom. The van der Waals surface area contributed by atoms with Gasteiger partial charge in [0.2, 0.25) is 5.91 Å². The monoisotopic (exact) mass is 270 g/mol. The number of carbonyl (C=O) groups excluding carboxylic acids is 1. The van der Waals surface area contributed by atoms with Crippen LogP contribution < -0.4 is 11.1 Å². The van der Waals surface area contributed by atoms with E-state index in [4.69, 9.17) is 5.73 Å². The van der Waals surface area contributed by atoms with Crippen LogP contribution in [-0.2, 0) is 4.79 Å². The molecular formula is C15H30N2O2. The Labute approximate surface area is 117 Å². The molecule has 1 aliphatic rings. The molecular weight excluding hydrogens is 240 g/mol. The fourth-order valence-corrected chi connectivity index (χ4v) is 2.97. The molecule has 0 aromatic carbocycles. The molecule has 1 aliphatic carbocycles. The van der Waals surface area contributed by atoms with E-state index in [1.165, 1.54) is 0 Å². The molecule has 112 valence electrons. The largest absolute Gasteiger partial charge is 0.393 e. The summed E-state index contributed by atoms with van der Waals surface area (Å²) in [6.45, 7) is 5.59. The van der Waals surface area contributed by atoms with Gasteiger partial charge in [0.15, 0.2) is 0 Å². The third-order valence-electron chi connectivity index (χ3n) is 3.96. The molecule has 0 heterocycles. The zero-order valence-corrected chi connectivity index (χ0v) is 12.4. The predicted octanol–water partition coefficient (Wildman–Crippen LogP) is 1.66. The number of amides is 1. The van der Waals surface area contributed by atoms with Gasteiger partial charge in [0.1, 0.15) is 0 Å². The van der Waals surface area contributed by atoms with Crippen LogP contribution in [0.2, 0.25) is 0 Å². The van der Waals surface area contributed by atoms with Crippen LogP contribution in [0.1, 0.15) is 52.4 Å². The van der Waals surface area contributed by atoms with Crippen LogP contribution >= 0.6 is 0 Å². The molecule has 4 nitrogen and oxygen atoms in total. The van der Waals surface area contributed by atoms with Gasteiger partial charge in [-0.15, -0.1) is 0 Å². The van der Waals surface area contributed by atoms with Crippen molar-refractivity contribution >= 4 is 5.91 Å². The second kappa shape index (κ2) is 8.54. The topological polar surface area (TPSA) is 75.4 Å². The number of hydrogen-bond acceptors (Lipinski definition) is 3. The molecule has 0 saturated heterocycles. The minimum Gasteiger partial charge on any atom is -0.393 e. The van der Waals surface area contributed by atoms with Crippen molar-refractivity contribution in [1.82, 2.24) is 5.32 Å². The number of nitrogens with one attached hydrogen (secondary N) is 1. The maximum Gasteiger partial charge on any atom is 0.220 e. The molecule has 4 heteroatoms. The van der Waals surface area contributed by atoms with Crippen LogP contribution in [0.25, 0.3) is 0 Å². The van der Waals surface area contributed by atoms with E-state index in [9.17, 15) is 9.90 Å². The molecule has 4 N–H and O–H groups in total. The fraction of sp³-hybridized carbons (Fsp3) is 0.933. The van der Waals surface area contributed by atoms with E-state index in [0.717, 1.165) is 32.1 Å². The highest BCUT2D eigenvalue weighted by Crippen LogP contribution is 2.23. The van der Waals surface area contributed by atoms with Gasteiger partial charge >= 0.3 is 0 Å². The van der Waals surface area contributed by atoms with E-state index in [1.807, 2.05) is 0 Å². The molecule has 0 radical (unpaired) electrons. The molecule has 1 saturated carbocycles. The number of aliphatic hydroxyl groups is 1. The van der Waals surface area contributed by atoms with Crippen LogP contribution in [0.4, 0.5) is 0 Å². The summed E-state index contributed by atoms with van der Waals surface area (Å²) >= 11 is 0. The molecule has 0 bridgehead atoms. The Kier molecular flexibility index (Phi) is 7.39. The highest BCUT2D eigenvalue weighted by molar-refractivity contribution is 5.76. The van der Waals surface area contributed by atoms with Crippen LogP contribution in [0.3, 0.4) is 0 Å². The van der Waals surface area contributed by atoms with E-state index in [2.05, 4.69) is 19.2 Å². The third-order valence-corrected chi connectivity index (χ3v) is 3.96. The number of aliphatic hydroxyl groups excluding tert-OH is 1. The first kappa shape index (κ1) is 16.4. The van der Waals surface area contributed by atoms with Gasteiger partial charge in [-0.3, -0.25) is 4.79 Å². The van der Waals surface area contributed by atoms with E-state index >= 15 is 0 Å². The number of nitrogens with two attached hydrogens (primary N) is 1. The number of rotatable bonds is 7. The van der Waals surface area contributed by atoms with Crippen molar-refractivity contribution in [3.63, 3.8) is 0 Å². The summed E-state index contributed by atoms with van der Waals surface area (Å²) in [5.74, 6) is 1.41. The van der Waals surface area contributed by atoms with Crippen molar-refractivity contribution in [2.45, 2.75) is 58.5 Å². The summed E-state index contributed by atoms with van der Waals surface area (Å²) in [6, 6.07) is 0. The first-order valence-electron chi connectivity index (χ1n) is 7.66. The first-order valence-corrected chi connectivity index (χ1v) is 7.66. The smallest absolute Gasteiger partial charge is 0.220 e. The SMILES string of the molecule is CC(C)CC(CN)CC(=O)NCC1CCCC(O)C1. The maximum absolute atomic E-state index is 11.9. The molecule has 1 fully saturated rings. The second-order valence-corrected chi connectivity index (χ2v) is 6.43.